The molecule has 0 bridgehead atoms. The van der Waals surface area contributed by atoms with Crippen molar-refractivity contribution in [2.75, 3.05) is 32.7 Å². The maximum absolute atomic E-state index is 13.7. The van der Waals surface area contributed by atoms with Crippen LogP contribution < -0.4 is 5.73 Å². The van der Waals surface area contributed by atoms with Gasteiger partial charge in [0.2, 0.25) is 5.91 Å². The minimum absolute atomic E-state index is 0.0906. The number of benzene rings is 1. The molecule has 1 fully saturated rings. The fraction of sp³-hybridized carbons (Fsp3) is 0.556. The molecule has 7 heteroatoms. The molecule has 0 atom stereocenters. The second-order valence-corrected chi connectivity index (χ2v) is 6.25. The minimum atomic E-state index is -0.860. The van der Waals surface area contributed by atoms with E-state index in [1.165, 1.54) is 4.90 Å². The first kappa shape index (κ1) is 19.3. The lowest BCUT2D eigenvalue weighted by Crippen LogP contribution is -2.50. The summed E-state index contributed by atoms with van der Waals surface area (Å²) in [7, 11) is 0. The number of unbranched alkanes of at least 4 members (excludes halogenated alkanes) is 3. The first-order valence-corrected chi connectivity index (χ1v) is 8.75. The summed E-state index contributed by atoms with van der Waals surface area (Å²) in [6, 6.07) is 2.93. The van der Waals surface area contributed by atoms with Crippen molar-refractivity contribution in [2.45, 2.75) is 32.1 Å². The Morgan fingerprint density at radius 2 is 1.60 bits per heavy atom. The monoisotopic (exact) mass is 353 g/mol. The predicted molar refractivity (Wildman–Crippen MR) is 91.0 cm³/mol. The average Bonchev–Trinajstić information content (AvgIpc) is 2.61. The highest BCUT2D eigenvalue weighted by Gasteiger charge is 2.26. The first-order valence-electron chi connectivity index (χ1n) is 8.75. The molecule has 138 valence electrons. The van der Waals surface area contributed by atoms with E-state index in [2.05, 4.69) is 0 Å². The molecule has 0 unspecified atom stereocenters. The number of carbonyl (C=O) groups excluding carboxylic acids is 2. The molecule has 1 aliphatic rings. The molecule has 1 aromatic carbocycles. The standard InChI is InChI=1S/C18H25F2N3O2/c19-14-6-7-15(16(20)13-14)18(25)23-11-9-22(10-12-23)17(24)5-3-1-2-4-8-21/h6-7,13H,1-5,8-12,21H2. The van der Waals surface area contributed by atoms with Crippen LogP contribution in [0.2, 0.25) is 0 Å². The molecule has 0 spiro atoms. The predicted octanol–water partition coefficient (Wildman–Crippen LogP) is 2.16. The highest BCUT2D eigenvalue weighted by Crippen LogP contribution is 2.15. The molecule has 1 aromatic rings. The number of hydrogen-bond donors (Lipinski definition) is 1. The van der Waals surface area contributed by atoms with Gasteiger partial charge in [-0.1, -0.05) is 12.8 Å². The van der Waals surface area contributed by atoms with Crippen molar-refractivity contribution in [3.05, 3.63) is 35.4 Å². The third-order valence-electron chi connectivity index (χ3n) is 4.43. The highest BCUT2D eigenvalue weighted by atomic mass is 19.1. The number of carbonyl (C=O) groups is 2. The lowest BCUT2D eigenvalue weighted by molar-refractivity contribution is -0.132. The first-order chi connectivity index (χ1) is 12.0. The summed E-state index contributed by atoms with van der Waals surface area (Å²) in [5, 5.41) is 0. The molecule has 1 aliphatic heterocycles. The minimum Gasteiger partial charge on any atom is -0.339 e. The maximum Gasteiger partial charge on any atom is 0.256 e. The number of halogens is 2. The van der Waals surface area contributed by atoms with Crippen LogP contribution in [0.25, 0.3) is 0 Å². The van der Waals surface area contributed by atoms with Crippen LogP contribution in [0.5, 0.6) is 0 Å². The third kappa shape index (κ3) is 5.49. The SMILES string of the molecule is NCCCCCCC(=O)N1CCN(C(=O)c2ccc(F)cc2F)CC1. The second-order valence-electron chi connectivity index (χ2n) is 6.25. The van der Waals surface area contributed by atoms with Gasteiger partial charge in [0.15, 0.2) is 0 Å². The van der Waals surface area contributed by atoms with Crippen molar-refractivity contribution in [1.29, 1.82) is 0 Å². The Morgan fingerprint density at radius 3 is 2.24 bits per heavy atom. The van der Waals surface area contributed by atoms with Crippen LogP contribution in [0.1, 0.15) is 42.5 Å². The summed E-state index contributed by atoms with van der Waals surface area (Å²) in [5.74, 6) is -1.95. The van der Waals surface area contributed by atoms with Crippen molar-refractivity contribution in [2.24, 2.45) is 5.73 Å². The molecule has 1 saturated heterocycles. The molecular formula is C18H25F2N3O2. The Hall–Kier alpha value is -2.02. The molecule has 2 rings (SSSR count). The summed E-state index contributed by atoms with van der Waals surface area (Å²) < 4.78 is 26.7. The summed E-state index contributed by atoms with van der Waals surface area (Å²) in [6.45, 7) is 2.27. The van der Waals surface area contributed by atoms with Gasteiger partial charge in [-0.25, -0.2) is 8.78 Å². The third-order valence-corrected chi connectivity index (χ3v) is 4.43. The van der Waals surface area contributed by atoms with E-state index in [4.69, 9.17) is 5.73 Å². The van der Waals surface area contributed by atoms with Crippen molar-refractivity contribution < 1.29 is 18.4 Å². The van der Waals surface area contributed by atoms with E-state index in [0.29, 0.717) is 45.2 Å². The van der Waals surface area contributed by atoms with Crippen molar-refractivity contribution in [1.82, 2.24) is 9.80 Å². The molecule has 1 heterocycles. The molecule has 0 aromatic heterocycles. The molecule has 0 saturated carbocycles. The molecule has 5 nitrogen and oxygen atoms in total. The molecule has 0 radical (unpaired) electrons. The zero-order valence-electron chi connectivity index (χ0n) is 14.3. The van der Waals surface area contributed by atoms with Gasteiger partial charge in [0.05, 0.1) is 5.56 Å². The fourth-order valence-electron chi connectivity index (χ4n) is 2.92. The van der Waals surface area contributed by atoms with E-state index in [-0.39, 0.29) is 11.5 Å². The normalized spacial score (nSPS) is 14.7. The van der Waals surface area contributed by atoms with Crippen molar-refractivity contribution in [3.8, 4) is 0 Å². The second kappa shape index (κ2) is 9.46. The average molecular weight is 353 g/mol. The quantitative estimate of drug-likeness (QED) is 0.764. The van der Waals surface area contributed by atoms with E-state index in [9.17, 15) is 18.4 Å². The van der Waals surface area contributed by atoms with Crippen LogP contribution in [0.15, 0.2) is 18.2 Å². The Balaban J connectivity index is 1.78. The van der Waals surface area contributed by atoms with Crippen molar-refractivity contribution in [3.63, 3.8) is 0 Å². The molecule has 0 aliphatic carbocycles. The lowest BCUT2D eigenvalue weighted by atomic mass is 10.1. The number of nitrogens with zero attached hydrogens (tertiary/aromatic N) is 2. The van der Waals surface area contributed by atoms with Crippen molar-refractivity contribution >= 4 is 11.8 Å². The zero-order chi connectivity index (χ0) is 18.2. The van der Waals surface area contributed by atoms with Crippen LogP contribution in [-0.2, 0) is 4.79 Å². The van der Waals surface area contributed by atoms with E-state index >= 15 is 0 Å². The molecular weight excluding hydrogens is 328 g/mol. The lowest BCUT2D eigenvalue weighted by Gasteiger charge is -2.35. The smallest absolute Gasteiger partial charge is 0.256 e. The van der Waals surface area contributed by atoms with E-state index in [1.54, 1.807) is 4.90 Å². The zero-order valence-corrected chi connectivity index (χ0v) is 14.3. The number of rotatable bonds is 7. The number of amides is 2. The summed E-state index contributed by atoms with van der Waals surface area (Å²) in [4.78, 5) is 27.7. The number of piperazine rings is 1. The molecule has 25 heavy (non-hydrogen) atoms. The Labute approximate surface area is 146 Å². The van der Waals surface area contributed by atoms with Gasteiger partial charge in [0.25, 0.3) is 5.91 Å². The van der Waals surface area contributed by atoms with Gasteiger partial charge in [-0.15, -0.1) is 0 Å². The maximum atomic E-state index is 13.7. The Bertz CT molecular complexity index is 602. The van der Waals surface area contributed by atoms with Gasteiger partial charge in [0.1, 0.15) is 11.6 Å². The Kier molecular flexibility index (Phi) is 7.31. The van der Waals surface area contributed by atoms with E-state index in [0.717, 1.165) is 37.8 Å². The van der Waals surface area contributed by atoms with Gasteiger partial charge in [-0.05, 0) is 31.5 Å². The van der Waals surface area contributed by atoms with Gasteiger partial charge < -0.3 is 15.5 Å². The summed E-state index contributed by atoms with van der Waals surface area (Å²) >= 11 is 0. The van der Waals surface area contributed by atoms with Crippen LogP contribution in [0.4, 0.5) is 8.78 Å². The highest BCUT2D eigenvalue weighted by molar-refractivity contribution is 5.94. The largest absolute Gasteiger partial charge is 0.339 e. The van der Waals surface area contributed by atoms with Crippen LogP contribution in [0, 0.1) is 11.6 Å². The van der Waals surface area contributed by atoms with Crippen LogP contribution in [-0.4, -0.2) is 54.3 Å². The van der Waals surface area contributed by atoms with Gasteiger partial charge >= 0.3 is 0 Å². The van der Waals surface area contributed by atoms with Crippen LogP contribution >= 0.6 is 0 Å². The van der Waals surface area contributed by atoms with Gasteiger partial charge in [-0.3, -0.25) is 9.59 Å². The van der Waals surface area contributed by atoms with Crippen LogP contribution in [0.3, 0.4) is 0 Å². The van der Waals surface area contributed by atoms with E-state index < -0.39 is 17.5 Å². The van der Waals surface area contributed by atoms with Gasteiger partial charge in [0, 0.05) is 38.7 Å². The summed E-state index contributed by atoms with van der Waals surface area (Å²) in [6.07, 6.45) is 4.36. The molecule has 2 amide bonds. The number of hydrogen-bond acceptors (Lipinski definition) is 3. The van der Waals surface area contributed by atoms with E-state index in [1.807, 2.05) is 0 Å². The summed E-state index contributed by atoms with van der Waals surface area (Å²) in [5.41, 5.74) is 5.30. The topological polar surface area (TPSA) is 66.6 Å². The Morgan fingerprint density at radius 1 is 0.960 bits per heavy atom. The number of nitrogens with two attached hydrogens (primary N) is 1. The fourth-order valence-corrected chi connectivity index (χ4v) is 2.92. The molecule has 2 N–H and O–H groups in total. The van der Waals surface area contributed by atoms with Gasteiger partial charge in [-0.2, -0.15) is 0 Å².